The van der Waals surface area contributed by atoms with Gasteiger partial charge in [-0.1, -0.05) is 6.42 Å². The molecule has 2 N–H and O–H groups in total. The van der Waals surface area contributed by atoms with Crippen molar-refractivity contribution in [3.8, 4) is 0 Å². The minimum atomic E-state index is 0.248. The van der Waals surface area contributed by atoms with E-state index in [1.165, 1.54) is 19.3 Å². The van der Waals surface area contributed by atoms with Crippen LogP contribution in [0.4, 0.5) is 0 Å². The van der Waals surface area contributed by atoms with Gasteiger partial charge < -0.3 is 5.73 Å². The fourth-order valence-electron chi connectivity index (χ4n) is 2.77. The maximum Gasteiger partial charge on any atom is 0.0765 e. The molecule has 4 heteroatoms. The van der Waals surface area contributed by atoms with E-state index in [4.69, 9.17) is 5.73 Å². The standard InChI is InChI=1S/C14H26N4/c1-11(2)18-9-7-13(16-18)10-17-8-5-4-6-14(17)12(3)15/h7,9,11-12,14H,4-6,8,10,15H2,1-3H3. The van der Waals surface area contributed by atoms with Crippen LogP contribution in [0.3, 0.4) is 0 Å². The Morgan fingerprint density at radius 1 is 1.39 bits per heavy atom. The summed E-state index contributed by atoms with van der Waals surface area (Å²) in [4.78, 5) is 2.50. The topological polar surface area (TPSA) is 47.1 Å². The quantitative estimate of drug-likeness (QED) is 0.891. The van der Waals surface area contributed by atoms with Crippen LogP contribution in [0.25, 0.3) is 0 Å². The summed E-state index contributed by atoms with van der Waals surface area (Å²) in [5.74, 6) is 0. The third kappa shape index (κ3) is 3.12. The van der Waals surface area contributed by atoms with Crippen molar-refractivity contribution in [3.05, 3.63) is 18.0 Å². The summed E-state index contributed by atoms with van der Waals surface area (Å²) in [6.45, 7) is 8.52. The average Bonchev–Trinajstić information content (AvgIpc) is 2.78. The van der Waals surface area contributed by atoms with E-state index >= 15 is 0 Å². The van der Waals surface area contributed by atoms with E-state index in [1.54, 1.807) is 0 Å². The molecule has 0 spiro atoms. The molecule has 18 heavy (non-hydrogen) atoms. The summed E-state index contributed by atoms with van der Waals surface area (Å²) in [7, 11) is 0. The van der Waals surface area contributed by atoms with E-state index in [-0.39, 0.29) is 6.04 Å². The minimum Gasteiger partial charge on any atom is -0.327 e. The van der Waals surface area contributed by atoms with Crippen LogP contribution in [0.1, 0.15) is 51.8 Å². The van der Waals surface area contributed by atoms with E-state index < -0.39 is 0 Å². The van der Waals surface area contributed by atoms with Crippen molar-refractivity contribution in [2.24, 2.45) is 5.73 Å². The van der Waals surface area contributed by atoms with Gasteiger partial charge in [0.05, 0.1) is 5.69 Å². The molecular formula is C14H26N4. The number of rotatable bonds is 4. The molecule has 102 valence electrons. The lowest BCUT2D eigenvalue weighted by Crippen LogP contribution is -2.48. The zero-order valence-corrected chi connectivity index (χ0v) is 11.8. The van der Waals surface area contributed by atoms with E-state index in [1.807, 2.05) is 4.68 Å². The molecule has 0 bridgehead atoms. The van der Waals surface area contributed by atoms with Crippen LogP contribution < -0.4 is 5.73 Å². The minimum absolute atomic E-state index is 0.248. The van der Waals surface area contributed by atoms with Gasteiger partial charge in [-0.2, -0.15) is 5.10 Å². The van der Waals surface area contributed by atoms with Crippen molar-refractivity contribution in [1.29, 1.82) is 0 Å². The fourth-order valence-corrected chi connectivity index (χ4v) is 2.77. The van der Waals surface area contributed by atoms with Crippen LogP contribution in [-0.4, -0.2) is 33.3 Å². The van der Waals surface area contributed by atoms with Gasteiger partial charge in [0.2, 0.25) is 0 Å². The van der Waals surface area contributed by atoms with E-state index in [9.17, 15) is 0 Å². The number of nitrogens with zero attached hydrogens (tertiary/aromatic N) is 3. The van der Waals surface area contributed by atoms with Crippen LogP contribution in [0, 0.1) is 0 Å². The summed E-state index contributed by atoms with van der Waals surface area (Å²) in [6, 6.07) is 3.33. The van der Waals surface area contributed by atoms with E-state index in [2.05, 4.69) is 43.0 Å². The SMILES string of the molecule is CC(N)C1CCCCN1Cc1ccn(C(C)C)n1. The number of piperidine rings is 1. The second kappa shape index (κ2) is 5.85. The number of hydrogen-bond donors (Lipinski definition) is 1. The molecule has 1 aliphatic rings. The molecule has 1 saturated heterocycles. The van der Waals surface area contributed by atoms with Gasteiger partial charge in [-0.15, -0.1) is 0 Å². The highest BCUT2D eigenvalue weighted by Gasteiger charge is 2.25. The smallest absolute Gasteiger partial charge is 0.0765 e. The lowest BCUT2D eigenvalue weighted by molar-refractivity contribution is 0.121. The van der Waals surface area contributed by atoms with Gasteiger partial charge in [-0.05, 0) is 46.2 Å². The maximum absolute atomic E-state index is 6.10. The second-order valence-corrected chi connectivity index (χ2v) is 5.77. The predicted octanol–water partition coefficient (Wildman–Crippen LogP) is 2.17. The highest BCUT2D eigenvalue weighted by molar-refractivity contribution is 5.01. The highest BCUT2D eigenvalue weighted by atomic mass is 15.3. The largest absolute Gasteiger partial charge is 0.327 e. The van der Waals surface area contributed by atoms with Gasteiger partial charge >= 0.3 is 0 Å². The molecule has 2 heterocycles. The monoisotopic (exact) mass is 250 g/mol. The van der Waals surface area contributed by atoms with Crippen molar-refractivity contribution in [1.82, 2.24) is 14.7 Å². The Bertz CT molecular complexity index is 370. The first-order valence-corrected chi connectivity index (χ1v) is 7.11. The molecule has 0 aromatic carbocycles. The molecule has 0 saturated carbocycles. The van der Waals surface area contributed by atoms with Crippen LogP contribution in [0.5, 0.6) is 0 Å². The van der Waals surface area contributed by atoms with Gasteiger partial charge in [-0.25, -0.2) is 0 Å². The lowest BCUT2D eigenvalue weighted by atomic mass is 9.97. The Hall–Kier alpha value is -0.870. The summed E-state index contributed by atoms with van der Waals surface area (Å²) >= 11 is 0. The first-order chi connectivity index (χ1) is 8.58. The maximum atomic E-state index is 6.10. The van der Waals surface area contributed by atoms with Gasteiger partial charge in [0, 0.05) is 30.9 Å². The highest BCUT2D eigenvalue weighted by Crippen LogP contribution is 2.21. The Morgan fingerprint density at radius 3 is 2.78 bits per heavy atom. The number of aromatic nitrogens is 2. The zero-order chi connectivity index (χ0) is 13.1. The van der Waals surface area contributed by atoms with Crippen molar-refractivity contribution >= 4 is 0 Å². The van der Waals surface area contributed by atoms with Crippen LogP contribution in [0.2, 0.25) is 0 Å². The fraction of sp³-hybridized carbons (Fsp3) is 0.786. The van der Waals surface area contributed by atoms with Gasteiger partial charge in [0.25, 0.3) is 0 Å². The lowest BCUT2D eigenvalue weighted by Gasteiger charge is -2.37. The predicted molar refractivity (Wildman–Crippen MR) is 74.3 cm³/mol. The number of likely N-dealkylation sites (tertiary alicyclic amines) is 1. The van der Waals surface area contributed by atoms with E-state index in [0.717, 1.165) is 18.8 Å². The first-order valence-electron chi connectivity index (χ1n) is 7.11. The molecule has 2 rings (SSSR count). The number of hydrogen-bond acceptors (Lipinski definition) is 3. The molecule has 1 aromatic heterocycles. The molecule has 4 nitrogen and oxygen atoms in total. The number of nitrogens with two attached hydrogens (primary N) is 1. The summed E-state index contributed by atoms with van der Waals surface area (Å²) in [5, 5.41) is 4.63. The van der Waals surface area contributed by atoms with Gasteiger partial charge in [-0.3, -0.25) is 9.58 Å². The summed E-state index contributed by atoms with van der Waals surface area (Å²) < 4.78 is 2.03. The molecule has 1 aliphatic heterocycles. The third-order valence-corrected chi connectivity index (χ3v) is 3.83. The first kappa shape index (κ1) is 13.6. The second-order valence-electron chi connectivity index (χ2n) is 5.77. The zero-order valence-electron chi connectivity index (χ0n) is 11.8. The molecule has 0 radical (unpaired) electrons. The van der Waals surface area contributed by atoms with Gasteiger partial charge in [0.1, 0.15) is 0 Å². The summed E-state index contributed by atoms with van der Waals surface area (Å²) in [6.07, 6.45) is 5.89. The Balaban J connectivity index is 2.01. The molecule has 2 atom stereocenters. The molecule has 2 unspecified atom stereocenters. The summed E-state index contributed by atoms with van der Waals surface area (Å²) in [5.41, 5.74) is 7.26. The van der Waals surface area contributed by atoms with Crippen LogP contribution >= 0.6 is 0 Å². The Labute approximate surface area is 110 Å². The van der Waals surface area contributed by atoms with Crippen molar-refractivity contribution in [3.63, 3.8) is 0 Å². The van der Waals surface area contributed by atoms with Crippen LogP contribution in [-0.2, 0) is 6.54 Å². The van der Waals surface area contributed by atoms with Gasteiger partial charge in [0.15, 0.2) is 0 Å². The Morgan fingerprint density at radius 2 is 2.17 bits per heavy atom. The van der Waals surface area contributed by atoms with Crippen molar-refractivity contribution in [2.45, 2.75) is 64.7 Å². The Kier molecular flexibility index (Phi) is 4.40. The molecule has 1 aromatic rings. The van der Waals surface area contributed by atoms with Crippen molar-refractivity contribution < 1.29 is 0 Å². The van der Waals surface area contributed by atoms with Crippen LogP contribution in [0.15, 0.2) is 12.3 Å². The third-order valence-electron chi connectivity index (χ3n) is 3.83. The normalized spacial score (nSPS) is 23.5. The molecule has 0 amide bonds. The molecular weight excluding hydrogens is 224 g/mol. The average molecular weight is 250 g/mol. The van der Waals surface area contributed by atoms with Crippen molar-refractivity contribution in [2.75, 3.05) is 6.54 Å². The van der Waals surface area contributed by atoms with E-state index in [0.29, 0.717) is 12.1 Å². The molecule has 1 fully saturated rings. The molecule has 0 aliphatic carbocycles.